The molecule has 4 rings (SSSR count). The Morgan fingerprint density at radius 2 is 1.96 bits per heavy atom. The summed E-state index contributed by atoms with van der Waals surface area (Å²) in [5.41, 5.74) is 8.23. The van der Waals surface area contributed by atoms with E-state index in [2.05, 4.69) is 39.0 Å². The van der Waals surface area contributed by atoms with Gasteiger partial charge in [-0.2, -0.15) is 0 Å². The number of fused-ring (bicyclic) bond motifs is 5. The zero-order valence-corrected chi connectivity index (χ0v) is 15.7. The van der Waals surface area contributed by atoms with Gasteiger partial charge in [-0.25, -0.2) is 0 Å². The molecule has 2 nitrogen and oxygen atoms in total. The van der Waals surface area contributed by atoms with Crippen molar-refractivity contribution in [2.24, 2.45) is 46.2 Å². The fraction of sp³-hybridized carbons (Fsp3) is 0.818. The third-order valence-corrected chi connectivity index (χ3v) is 8.77. The molecule has 0 spiro atoms. The third kappa shape index (κ3) is 2.22. The highest BCUT2D eigenvalue weighted by Crippen LogP contribution is 2.66. The average molecular weight is 330 g/mol. The van der Waals surface area contributed by atoms with Gasteiger partial charge in [0.1, 0.15) is 0 Å². The van der Waals surface area contributed by atoms with Gasteiger partial charge in [0.15, 0.2) is 0 Å². The fourth-order valence-corrected chi connectivity index (χ4v) is 7.28. The van der Waals surface area contributed by atoms with Crippen LogP contribution in [0.4, 0.5) is 0 Å². The van der Waals surface area contributed by atoms with Crippen molar-refractivity contribution in [2.45, 2.75) is 65.4 Å². The summed E-state index contributed by atoms with van der Waals surface area (Å²) in [5, 5.41) is 10.1. The molecule has 0 aliphatic heterocycles. The zero-order valence-electron chi connectivity index (χ0n) is 15.7. The summed E-state index contributed by atoms with van der Waals surface area (Å²) in [4.78, 5) is 0. The van der Waals surface area contributed by atoms with Gasteiger partial charge < -0.3 is 10.8 Å². The molecule has 134 valence electrons. The van der Waals surface area contributed by atoms with Gasteiger partial charge >= 0.3 is 0 Å². The van der Waals surface area contributed by atoms with Crippen molar-refractivity contribution in [3.05, 3.63) is 23.8 Å². The maximum atomic E-state index is 10.1. The van der Waals surface area contributed by atoms with Crippen LogP contribution >= 0.6 is 0 Å². The second kappa shape index (κ2) is 5.71. The first-order valence-electron chi connectivity index (χ1n) is 10.2. The van der Waals surface area contributed by atoms with Crippen LogP contribution < -0.4 is 5.73 Å². The summed E-state index contributed by atoms with van der Waals surface area (Å²) < 4.78 is 0. The largest absolute Gasteiger partial charge is 0.389 e. The number of aliphatic hydroxyl groups is 1. The molecule has 0 aromatic carbocycles. The van der Waals surface area contributed by atoms with Gasteiger partial charge in [0.05, 0.1) is 6.10 Å². The van der Waals surface area contributed by atoms with Crippen molar-refractivity contribution < 1.29 is 5.11 Å². The molecule has 4 aliphatic carbocycles. The van der Waals surface area contributed by atoms with Crippen LogP contribution in [0.1, 0.15) is 59.3 Å². The van der Waals surface area contributed by atoms with E-state index in [1.165, 1.54) is 31.3 Å². The number of nitrogens with two attached hydrogens (primary N) is 1. The summed E-state index contributed by atoms with van der Waals surface area (Å²) in [6.45, 7) is 8.25. The third-order valence-electron chi connectivity index (χ3n) is 8.77. The Balaban J connectivity index is 1.67. The Morgan fingerprint density at radius 1 is 1.17 bits per heavy atom. The first-order chi connectivity index (χ1) is 11.4. The maximum Gasteiger partial charge on any atom is 0.0727 e. The van der Waals surface area contributed by atoms with E-state index in [1.54, 1.807) is 0 Å². The average Bonchev–Trinajstić information content (AvgIpc) is 2.92. The number of hydrogen-bond acceptors (Lipinski definition) is 2. The van der Waals surface area contributed by atoms with Crippen molar-refractivity contribution in [1.82, 2.24) is 0 Å². The van der Waals surface area contributed by atoms with Crippen LogP contribution in [0.25, 0.3) is 0 Å². The van der Waals surface area contributed by atoms with Gasteiger partial charge in [0.2, 0.25) is 0 Å². The van der Waals surface area contributed by atoms with Crippen LogP contribution in [-0.2, 0) is 0 Å². The molecule has 4 aliphatic rings. The van der Waals surface area contributed by atoms with E-state index in [9.17, 15) is 5.11 Å². The molecule has 0 aromatic rings. The lowest BCUT2D eigenvalue weighted by Gasteiger charge is -2.57. The van der Waals surface area contributed by atoms with Gasteiger partial charge in [-0.05, 0) is 91.1 Å². The summed E-state index contributed by atoms with van der Waals surface area (Å²) in [6, 6.07) is 0. The summed E-state index contributed by atoms with van der Waals surface area (Å²) in [5.74, 6) is 3.79. The van der Waals surface area contributed by atoms with Crippen LogP contribution in [-0.4, -0.2) is 17.8 Å². The highest BCUT2D eigenvalue weighted by Gasteiger charge is 2.58. The zero-order chi connectivity index (χ0) is 17.1. The Labute approximate surface area is 147 Å². The van der Waals surface area contributed by atoms with E-state index < -0.39 is 0 Å². The summed E-state index contributed by atoms with van der Waals surface area (Å²) in [7, 11) is 0. The lowest BCUT2D eigenvalue weighted by atomic mass is 9.48. The number of hydrogen-bond donors (Lipinski definition) is 2. The number of allylic oxidation sites excluding steroid dienone is 3. The monoisotopic (exact) mass is 329 g/mol. The molecular weight excluding hydrogens is 294 g/mol. The van der Waals surface area contributed by atoms with Crippen LogP contribution in [0.5, 0.6) is 0 Å². The molecular formula is C22H35NO. The molecule has 8 atom stereocenters. The predicted octanol–water partition coefficient (Wildman–Crippen LogP) is 4.30. The van der Waals surface area contributed by atoms with Crippen LogP contribution in [0.2, 0.25) is 0 Å². The minimum atomic E-state index is -0.232. The van der Waals surface area contributed by atoms with Crippen molar-refractivity contribution >= 4 is 0 Å². The second-order valence-corrected chi connectivity index (χ2v) is 9.74. The molecule has 0 amide bonds. The predicted molar refractivity (Wildman–Crippen MR) is 99.3 cm³/mol. The second-order valence-electron chi connectivity index (χ2n) is 9.74. The molecule has 0 radical (unpaired) electrons. The molecule has 2 fully saturated rings. The van der Waals surface area contributed by atoms with E-state index in [1.807, 2.05) is 0 Å². The maximum absolute atomic E-state index is 10.1. The van der Waals surface area contributed by atoms with Gasteiger partial charge in [-0.15, -0.1) is 0 Å². The van der Waals surface area contributed by atoms with Crippen molar-refractivity contribution in [1.29, 1.82) is 0 Å². The van der Waals surface area contributed by atoms with Gasteiger partial charge in [-0.1, -0.05) is 39.0 Å². The van der Waals surface area contributed by atoms with E-state index >= 15 is 0 Å². The molecule has 2 saturated carbocycles. The number of aliphatic hydroxyl groups excluding tert-OH is 1. The van der Waals surface area contributed by atoms with Crippen LogP contribution in [0, 0.1) is 40.4 Å². The van der Waals surface area contributed by atoms with Crippen molar-refractivity contribution in [3.63, 3.8) is 0 Å². The normalized spacial score (nSPS) is 51.4. The standard InChI is InChI=1S/C22H35NO/c1-14(13-23)18-6-7-19-17-5-4-15-12-16(24)8-10-21(15,2)20(17)9-11-22(18,19)3/h4-5,12,14,16-20,24H,6-11,13,23H2,1-3H3/t14-,16?,17?,18-,19?,20?,21+,22-/m1/s1. The van der Waals surface area contributed by atoms with Gasteiger partial charge in [0.25, 0.3) is 0 Å². The first-order valence-corrected chi connectivity index (χ1v) is 10.2. The fourth-order valence-electron chi connectivity index (χ4n) is 7.28. The highest BCUT2D eigenvalue weighted by molar-refractivity contribution is 5.36. The Hall–Kier alpha value is -0.600. The van der Waals surface area contributed by atoms with Crippen LogP contribution in [0.15, 0.2) is 23.8 Å². The molecule has 0 saturated heterocycles. The molecule has 0 bridgehead atoms. The summed E-state index contributed by atoms with van der Waals surface area (Å²) in [6.07, 6.45) is 14.4. The Kier molecular flexibility index (Phi) is 4.01. The minimum Gasteiger partial charge on any atom is -0.389 e. The van der Waals surface area contributed by atoms with Crippen molar-refractivity contribution in [3.8, 4) is 0 Å². The summed E-state index contributed by atoms with van der Waals surface area (Å²) >= 11 is 0. The Morgan fingerprint density at radius 3 is 2.71 bits per heavy atom. The van der Waals surface area contributed by atoms with E-state index in [0.717, 1.165) is 43.1 Å². The molecule has 24 heavy (non-hydrogen) atoms. The quantitative estimate of drug-likeness (QED) is 0.793. The highest BCUT2D eigenvalue weighted by atomic mass is 16.3. The van der Waals surface area contributed by atoms with Gasteiger partial charge in [-0.3, -0.25) is 0 Å². The topological polar surface area (TPSA) is 46.2 Å². The molecule has 3 N–H and O–H groups in total. The van der Waals surface area contributed by atoms with Crippen LogP contribution in [0.3, 0.4) is 0 Å². The SMILES string of the molecule is C[C@H](CN)[C@H]1CCC2C3C=CC4=CC(O)CC[C@]4(C)C3CC[C@@]21C. The molecule has 0 aromatic heterocycles. The Bertz CT molecular complexity index is 566. The number of rotatable bonds is 2. The van der Waals surface area contributed by atoms with E-state index in [4.69, 9.17) is 5.73 Å². The molecule has 2 heteroatoms. The first kappa shape index (κ1) is 16.8. The molecule has 4 unspecified atom stereocenters. The lowest BCUT2D eigenvalue weighted by molar-refractivity contribution is -0.0283. The van der Waals surface area contributed by atoms with E-state index in [0.29, 0.717) is 11.3 Å². The molecule has 0 heterocycles. The lowest BCUT2D eigenvalue weighted by Crippen LogP contribution is -2.49. The van der Waals surface area contributed by atoms with E-state index in [-0.39, 0.29) is 11.5 Å². The van der Waals surface area contributed by atoms with Crippen molar-refractivity contribution in [2.75, 3.05) is 6.54 Å². The minimum absolute atomic E-state index is 0.232. The van der Waals surface area contributed by atoms with Gasteiger partial charge in [0, 0.05) is 0 Å². The smallest absolute Gasteiger partial charge is 0.0727 e.